The molecule has 2 fully saturated rings. The molecule has 0 aliphatic carbocycles. The van der Waals surface area contributed by atoms with Gasteiger partial charge < -0.3 is 10.8 Å². The summed E-state index contributed by atoms with van der Waals surface area (Å²) in [5, 5.41) is 10.8. The first-order chi connectivity index (χ1) is 4.66. The van der Waals surface area contributed by atoms with Crippen LogP contribution in [0.25, 0.3) is 0 Å². The van der Waals surface area contributed by atoms with Gasteiger partial charge in [-0.3, -0.25) is 0 Å². The molecule has 58 valence electrons. The molecule has 0 aromatic heterocycles. The van der Waals surface area contributed by atoms with Gasteiger partial charge in [-0.15, -0.1) is 0 Å². The van der Waals surface area contributed by atoms with Crippen molar-refractivity contribution in [1.82, 2.24) is 0 Å². The fourth-order valence-electron chi connectivity index (χ4n) is 1.95. The Labute approximate surface area is 65.2 Å². The van der Waals surface area contributed by atoms with Crippen LogP contribution in [0.3, 0.4) is 0 Å². The Morgan fingerprint density at radius 3 is 2.30 bits per heavy atom. The second-order valence-electron chi connectivity index (χ2n) is 3.47. The van der Waals surface area contributed by atoms with Crippen LogP contribution in [0, 0.1) is 0 Å². The third-order valence-corrected chi connectivity index (χ3v) is 3.93. The second kappa shape index (κ2) is 2.13. The predicted molar refractivity (Wildman–Crippen MR) is 42.8 cm³/mol. The highest BCUT2D eigenvalue weighted by Crippen LogP contribution is 2.45. The van der Waals surface area contributed by atoms with Crippen molar-refractivity contribution in [3.05, 3.63) is 0 Å². The standard InChI is InChI=1S/C7H13NOS/c8-7(9)3-5-1-2-6(4-7)10-5/h5-6,9H,1-4,8H2/t5-,6+,7+. The molecule has 3 heteroatoms. The van der Waals surface area contributed by atoms with Crippen LogP contribution >= 0.6 is 11.8 Å². The lowest BCUT2D eigenvalue weighted by Gasteiger charge is -2.32. The van der Waals surface area contributed by atoms with Crippen LogP contribution in [-0.4, -0.2) is 21.3 Å². The van der Waals surface area contributed by atoms with E-state index in [1.165, 1.54) is 12.8 Å². The Hall–Kier alpha value is 0.270. The third-order valence-electron chi connectivity index (χ3n) is 2.36. The minimum atomic E-state index is -0.836. The molecule has 2 aliphatic heterocycles. The van der Waals surface area contributed by atoms with Crippen molar-refractivity contribution in [2.45, 2.75) is 41.9 Å². The molecule has 3 N–H and O–H groups in total. The largest absolute Gasteiger partial charge is 0.376 e. The molecule has 3 atom stereocenters. The lowest BCUT2D eigenvalue weighted by atomic mass is 10.1. The monoisotopic (exact) mass is 159 g/mol. The van der Waals surface area contributed by atoms with Crippen LogP contribution in [0.5, 0.6) is 0 Å². The van der Waals surface area contributed by atoms with Crippen molar-refractivity contribution >= 4 is 11.8 Å². The zero-order valence-electron chi connectivity index (χ0n) is 5.92. The fraction of sp³-hybridized carbons (Fsp3) is 1.00. The third kappa shape index (κ3) is 1.18. The topological polar surface area (TPSA) is 46.2 Å². The summed E-state index contributed by atoms with van der Waals surface area (Å²) in [6, 6.07) is 0. The lowest BCUT2D eigenvalue weighted by molar-refractivity contribution is 0.0305. The zero-order chi connectivity index (χ0) is 7.19. The average molecular weight is 159 g/mol. The SMILES string of the molecule is N[C@]1(O)C[C@H]2CC[C@@H](C1)S2. The molecule has 0 aromatic rings. The summed E-state index contributed by atoms with van der Waals surface area (Å²) in [5.74, 6) is 0. The minimum absolute atomic E-state index is 0.647. The van der Waals surface area contributed by atoms with E-state index in [1.807, 2.05) is 11.8 Å². The highest BCUT2D eigenvalue weighted by Gasteiger charge is 2.40. The molecule has 2 nitrogen and oxygen atoms in total. The van der Waals surface area contributed by atoms with Gasteiger partial charge in [0.2, 0.25) is 0 Å². The molecule has 0 spiro atoms. The van der Waals surface area contributed by atoms with Gasteiger partial charge in [0.15, 0.2) is 0 Å². The van der Waals surface area contributed by atoms with E-state index in [2.05, 4.69) is 0 Å². The Kier molecular flexibility index (Phi) is 1.48. The number of rotatable bonds is 0. The number of hydrogen-bond donors (Lipinski definition) is 2. The van der Waals surface area contributed by atoms with E-state index < -0.39 is 5.72 Å². The molecule has 0 saturated carbocycles. The summed E-state index contributed by atoms with van der Waals surface area (Å²) in [7, 11) is 0. The summed E-state index contributed by atoms with van der Waals surface area (Å²) in [6.07, 6.45) is 4.12. The molecule has 0 amide bonds. The van der Waals surface area contributed by atoms with Gasteiger partial charge in [-0.1, -0.05) is 0 Å². The number of fused-ring (bicyclic) bond motifs is 2. The smallest absolute Gasteiger partial charge is 0.115 e. The van der Waals surface area contributed by atoms with Gasteiger partial charge >= 0.3 is 0 Å². The van der Waals surface area contributed by atoms with Crippen molar-refractivity contribution < 1.29 is 5.11 Å². The normalized spacial score (nSPS) is 53.4. The second-order valence-corrected chi connectivity index (χ2v) is 5.07. The molecule has 2 saturated heterocycles. The molecule has 2 aliphatic rings. The van der Waals surface area contributed by atoms with Crippen LogP contribution in [0.2, 0.25) is 0 Å². The number of nitrogens with two attached hydrogens (primary N) is 1. The van der Waals surface area contributed by atoms with Crippen LogP contribution in [0.1, 0.15) is 25.7 Å². The molecular formula is C7H13NOS. The lowest BCUT2D eigenvalue weighted by Crippen LogP contribution is -2.45. The summed E-state index contributed by atoms with van der Waals surface area (Å²) in [5.41, 5.74) is 4.80. The van der Waals surface area contributed by atoms with Crippen molar-refractivity contribution in [3.8, 4) is 0 Å². The van der Waals surface area contributed by atoms with Crippen LogP contribution in [-0.2, 0) is 0 Å². The van der Waals surface area contributed by atoms with Crippen LogP contribution < -0.4 is 5.73 Å². The van der Waals surface area contributed by atoms with E-state index in [0.29, 0.717) is 10.5 Å². The minimum Gasteiger partial charge on any atom is -0.376 e. The first-order valence-electron chi connectivity index (χ1n) is 3.82. The first kappa shape index (κ1) is 6.95. The van der Waals surface area contributed by atoms with Gasteiger partial charge in [-0.2, -0.15) is 11.8 Å². The van der Waals surface area contributed by atoms with Crippen LogP contribution in [0.15, 0.2) is 0 Å². The summed E-state index contributed by atoms with van der Waals surface area (Å²) in [4.78, 5) is 0. The summed E-state index contributed by atoms with van der Waals surface area (Å²) < 4.78 is 0. The fourth-order valence-corrected chi connectivity index (χ4v) is 3.81. The van der Waals surface area contributed by atoms with E-state index in [1.54, 1.807) is 0 Å². The van der Waals surface area contributed by atoms with E-state index >= 15 is 0 Å². The van der Waals surface area contributed by atoms with E-state index in [4.69, 9.17) is 5.73 Å². The first-order valence-corrected chi connectivity index (χ1v) is 4.77. The number of hydrogen-bond acceptors (Lipinski definition) is 3. The van der Waals surface area contributed by atoms with Gasteiger partial charge in [0.25, 0.3) is 0 Å². The van der Waals surface area contributed by atoms with Gasteiger partial charge in [-0.25, -0.2) is 0 Å². The molecule has 0 unspecified atom stereocenters. The highest BCUT2D eigenvalue weighted by molar-refractivity contribution is 8.00. The Bertz CT molecular complexity index is 135. The Morgan fingerprint density at radius 2 is 1.80 bits per heavy atom. The Balaban J connectivity index is 2.09. The zero-order valence-corrected chi connectivity index (χ0v) is 6.73. The molecule has 0 aromatic carbocycles. The molecule has 2 bridgehead atoms. The van der Waals surface area contributed by atoms with Gasteiger partial charge in [0.05, 0.1) is 0 Å². The predicted octanol–water partition coefficient (Wildman–Crippen LogP) is 0.692. The number of thioether (sulfide) groups is 1. The highest BCUT2D eigenvalue weighted by atomic mass is 32.2. The van der Waals surface area contributed by atoms with Gasteiger partial charge in [-0.05, 0) is 12.8 Å². The summed E-state index contributed by atoms with van der Waals surface area (Å²) >= 11 is 2.01. The molecule has 2 heterocycles. The maximum absolute atomic E-state index is 9.52. The maximum atomic E-state index is 9.52. The van der Waals surface area contributed by atoms with E-state index in [-0.39, 0.29) is 0 Å². The molecule has 10 heavy (non-hydrogen) atoms. The van der Waals surface area contributed by atoms with Crippen molar-refractivity contribution in [1.29, 1.82) is 0 Å². The summed E-state index contributed by atoms with van der Waals surface area (Å²) in [6.45, 7) is 0. The maximum Gasteiger partial charge on any atom is 0.115 e. The molecular weight excluding hydrogens is 146 g/mol. The Morgan fingerprint density at radius 1 is 1.30 bits per heavy atom. The number of aliphatic hydroxyl groups is 1. The van der Waals surface area contributed by atoms with Gasteiger partial charge in [0, 0.05) is 23.3 Å². The van der Waals surface area contributed by atoms with Crippen molar-refractivity contribution in [2.75, 3.05) is 0 Å². The molecule has 2 rings (SSSR count). The van der Waals surface area contributed by atoms with Crippen molar-refractivity contribution in [2.24, 2.45) is 5.73 Å². The van der Waals surface area contributed by atoms with E-state index in [0.717, 1.165) is 12.8 Å². The van der Waals surface area contributed by atoms with Crippen LogP contribution in [0.4, 0.5) is 0 Å². The molecule has 0 radical (unpaired) electrons. The van der Waals surface area contributed by atoms with E-state index in [9.17, 15) is 5.11 Å². The quantitative estimate of drug-likeness (QED) is 0.511. The van der Waals surface area contributed by atoms with Crippen molar-refractivity contribution in [3.63, 3.8) is 0 Å². The van der Waals surface area contributed by atoms with Gasteiger partial charge in [0.1, 0.15) is 5.72 Å². The average Bonchev–Trinajstić information content (AvgIpc) is 2.08.